The maximum Gasteiger partial charge on any atom is 0.151 e. The highest BCUT2D eigenvalue weighted by Gasteiger charge is 2.26. The van der Waals surface area contributed by atoms with Crippen LogP contribution in [-0.4, -0.2) is 59.7 Å². The molecule has 10 heteroatoms. The Morgan fingerprint density at radius 1 is 0.689 bits per heavy atom. The lowest BCUT2D eigenvalue weighted by atomic mass is 10.0. The highest BCUT2D eigenvalue weighted by molar-refractivity contribution is 5.88. The van der Waals surface area contributed by atoms with Crippen LogP contribution in [0.2, 0.25) is 0 Å². The molecule has 0 atom stereocenters. The minimum absolute atomic E-state index is 0.839. The Morgan fingerprint density at radius 2 is 1.29 bits per heavy atom. The molecule has 0 spiro atoms. The Bertz CT molecular complexity index is 2090. The predicted molar refractivity (Wildman–Crippen MR) is 175 cm³/mol. The van der Waals surface area contributed by atoms with Crippen LogP contribution in [0.15, 0.2) is 85.2 Å². The number of fused-ring (bicyclic) bond motifs is 5. The minimum atomic E-state index is 0.839. The van der Waals surface area contributed by atoms with Gasteiger partial charge in [-0.2, -0.15) is 10.2 Å². The van der Waals surface area contributed by atoms with Crippen molar-refractivity contribution in [3.63, 3.8) is 0 Å². The number of nitrogens with one attached hydrogen (secondary N) is 2. The number of nitrogens with zero attached hydrogens (tertiary/aromatic N) is 7. The first-order chi connectivity index (χ1) is 22.2. The van der Waals surface area contributed by atoms with Gasteiger partial charge in [-0.25, -0.2) is 0 Å². The number of hydrogen-bond acceptors (Lipinski definition) is 7. The van der Waals surface area contributed by atoms with Crippen molar-refractivity contribution in [3.05, 3.63) is 96.8 Å². The Balaban J connectivity index is 1.04. The van der Waals surface area contributed by atoms with Crippen LogP contribution in [0.3, 0.4) is 0 Å². The first-order valence-electron chi connectivity index (χ1n) is 15.4. The summed E-state index contributed by atoms with van der Waals surface area (Å²) in [5.41, 5.74) is 8.68. The zero-order chi connectivity index (χ0) is 29.9. The van der Waals surface area contributed by atoms with E-state index >= 15 is 0 Å². The van der Waals surface area contributed by atoms with Gasteiger partial charge in [0.25, 0.3) is 0 Å². The molecule has 7 aromatic rings. The highest BCUT2D eigenvalue weighted by Crippen LogP contribution is 2.49. The van der Waals surface area contributed by atoms with Gasteiger partial charge >= 0.3 is 0 Å². The van der Waals surface area contributed by atoms with Crippen LogP contribution in [0.5, 0.6) is 11.5 Å². The first kappa shape index (κ1) is 26.0. The smallest absolute Gasteiger partial charge is 0.151 e. The van der Waals surface area contributed by atoms with E-state index in [1.54, 1.807) is 0 Å². The van der Waals surface area contributed by atoms with E-state index in [1.165, 1.54) is 0 Å². The van der Waals surface area contributed by atoms with E-state index in [4.69, 9.17) is 4.74 Å². The van der Waals surface area contributed by atoms with Crippen LogP contribution in [0, 0.1) is 6.92 Å². The lowest BCUT2D eigenvalue weighted by Crippen LogP contribution is -2.36. The molecule has 2 aliphatic rings. The highest BCUT2D eigenvalue weighted by atomic mass is 16.5. The molecule has 3 aromatic heterocycles. The van der Waals surface area contributed by atoms with Gasteiger partial charge in [0.15, 0.2) is 11.5 Å². The summed E-state index contributed by atoms with van der Waals surface area (Å²) in [6.45, 7) is 6.68. The molecule has 0 fully saturated rings. The molecule has 45 heavy (non-hydrogen) atoms. The number of benzene rings is 4. The topological polar surface area (TPSA) is 104 Å². The van der Waals surface area contributed by atoms with E-state index in [9.17, 15) is 0 Å². The molecule has 2 aliphatic heterocycles. The van der Waals surface area contributed by atoms with Crippen LogP contribution < -0.4 is 9.64 Å². The maximum absolute atomic E-state index is 6.71. The van der Waals surface area contributed by atoms with Gasteiger partial charge in [-0.05, 0) is 84.1 Å². The lowest BCUT2D eigenvalue weighted by Gasteiger charge is -2.34. The Kier molecular flexibility index (Phi) is 5.95. The standard InChI is InChI=1S/C35H31N9O/c1-22-38-41-35-21-42(13-14-43(22)35)11-2-12-44-31-9-5-25(23-3-7-29-27(15-23)19-36-39-29)17-33(31)45-34-18-26(6-10-32(34)44)24-4-8-30-28(16-24)20-37-40-30/h3-10,15-20H,2,11-14,21H2,1H3,(H,36,39)(H,37,40). The molecule has 0 unspecified atom stereocenters. The molecule has 0 bridgehead atoms. The van der Waals surface area contributed by atoms with E-state index in [1.807, 2.05) is 19.3 Å². The SMILES string of the molecule is Cc1nnc2n1CCN(CCCN1c3ccc(-c4ccc5[nH]ncc5c4)cc3Oc3cc(-c4ccc5[nH]ncc5c4)ccc31)C2. The summed E-state index contributed by atoms with van der Waals surface area (Å²) in [5.74, 6) is 3.77. The molecule has 0 amide bonds. The Morgan fingerprint density at radius 3 is 1.93 bits per heavy atom. The van der Waals surface area contributed by atoms with Crippen molar-refractivity contribution < 1.29 is 4.74 Å². The summed E-state index contributed by atoms with van der Waals surface area (Å²) in [5, 5.41) is 25.3. The molecule has 10 nitrogen and oxygen atoms in total. The molecule has 2 N–H and O–H groups in total. The molecule has 0 aliphatic carbocycles. The molecular formula is C35H31N9O. The van der Waals surface area contributed by atoms with E-state index in [2.05, 4.69) is 118 Å². The van der Waals surface area contributed by atoms with Crippen molar-refractivity contribution in [2.45, 2.75) is 26.4 Å². The van der Waals surface area contributed by atoms with Crippen LogP contribution in [-0.2, 0) is 13.1 Å². The molecule has 0 saturated heterocycles. The van der Waals surface area contributed by atoms with Crippen molar-refractivity contribution in [2.75, 3.05) is 24.5 Å². The predicted octanol–water partition coefficient (Wildman–Crippen LogP) is 6.82. The van der Waals surface area contributed by atoms with Crippen LogP contribution >= 0.6 is 0 Å². The summed E-state index contributed by atoms with van der Waals surface area (Å²) in [6.07, 6.45) is 4.73. The van der Waals surface area contributed by atoms with Gasteiger partial charge in [0.05, 0.1) is 41.3 Å². The average Bonchev–Trinajstić information content (AvgIpc) is 3.83. The summed E-state index contributed by atoms with van der Waals surface area (Å²) < 4.78 is 8.94. The maximum atomic E-state index is 6.71. The van der Waals surface area contributed by atoms with Gasteiger partial charge < -0.3 is 14.2 Å². The first-order valence-corrected chi connectivity index (χ1v) is 15.4. The monoisotopic (exact) mass is 593 g/mol. The van der Waals surface area contributed by atoms with Crippen molar-refractivity contribution in [1.82, 2.24) is 40.1 Å². The summed E-state index contributed by atoms with van der Waals surface area (Å²) in [7, 11) is 0. The second-order valence-electron chi connectivity index (χ2n) is 11.9. The minimum Gasteiger partial charge on any atom is -0.453 e. The van der Waals surface area contributed by atoms with Crippen molar-refractivity contribution in [2.24, 2.45) is 0 Å². The van der Waals surface area contributed by atoms with Crippen LogP contribution in [0.1, 0.15) is 18.1 Å². The molecule has 222 valence electrons. The molecule has 5 heterocycles. The zero-order valence-corrected chi connectivity index (χ0v) is 24.9. The second-order valence-corrected chi connectivity index (χ2v) is 11.9. The van der Waals surface area contributed by atoms with Gasteiger partial charge in [-0.3, -0.25) is 15.1 Å². The van der Waals surface area contributed by atoms with Crippen molar-refractivity contribution in [1.29, 1.82) is 0 Å². The van der Waals surface area contributed by atoms with E-state index in [-0.39, 0.29) is 0 Å². The summed E-state index contributed by atoms with van der Waals surface area (Å²) in [6, 6.07) is 25.8. The summed E-state index contributed by atoms with van der Waals surface area (Å²) >= 11 is 0. The second kappa shape index (κ2) is 10.3. The number of rotatable bonds is 6. The number of aromatic nitrogens is 7. The quantitative estimate of drug-likeness (QED) is 0.218. The normalized spacial score (nSPS) is 14.4. The molecule has 0 radical (unpaired) electrons. The third-order valence-electron chi connectivity index (χ3n) is 9.14. The fourth-order valence-electron chi connectivity index (χ4n) is 6.73. The Labute approximate surface area is 259 Å². The molecule has 9 rings (SSSR count). The average molecular weight is 594 g/mol. The van der Waals surface area contributed by atoms with Gasteiger partial charge in [0, 0.05) is 37.0 Å². The number of hydrogen-bond donors (Lipinski definition) is 2. The van der Waals surface area contributed by atoms with Gasteiger partial charge in [0.1, 0.15) is 11.6 Å². The van der Waals surface area contributed by atoms with Crippen molar-refractivity contribution in [3.8, 4) is 33.8 Å². The van der Waals surface area contributed by atoms with Crippen LogP contribution in [0.4, 0.5) is 11.4 Å². The largest absolute Gasteiger partial charge is 0.453 e. The van der Waals surface area contributed by atoms with Crippen LogP contribution in [0.25, 0.3) is 44.1 Å². The molecule has 0 saturated carbocycles. The van der Waals surface area contributed by atoms with E-state index in [0.29, 0.717) is 0 Å². The third-order valence-corrected chi connectivity index (χ3v) is 9.14. The summed E-state index contributed by atoms with van der Waals surface area (Å²) in [4.78, 5) is 4.90. The fourth-order valence-corrected chi connectivity index (χ4v) is 6.73. The zero-order valence-electron chi connectivity index (χ0n) is 24.9. The molecular weight excluding hydrogens is 562 g/mol. The number of aromatic amines is 2. The number of H-pyrrole nitrogens is 2. The van der Waals surface area contributed by atoms with Crippen molar-refractivity contribution >= 4 is 33.2 Å². The molecule has 4 aromatic carbocycles. The number of anilines is 2. The van der Waals surface area contributed by atoms with E-state index in [0.717, 1.165) is 118 Å². The van der Waals surface area contributed by atoms with Gasteiger partial charge in [-0.1, -0.05) is 24.3 Å². The number of aryl methyl sites for hydroxylation is 1. The fraction of sp³-hybridized carbons (Fsp3) is 0.200. The van der Waals surface area contributed by atoms with Gasteiger partial charge in [0.2, 0.25) is 0 Å². The Hall–Kier alpha value is -5.48. The lowest BCUT2D eigenvalue weighted by molar-refractivity contribution is 0.214. The number of ether oxygens (including phenoxy) is 1. The van der Waals surface area contributed by atoms with Gasteiger partial charge in [-0.15, -0.1) is 10.2 Å². The van der Waals surface area contributed by atoms with E-state index < -0.39 is 0 Å². The third kappa shape index (κ3) is 4.53.